The molecule has 0 amide bonds. The summed E-state index contributed by atoms with van der Waals surface area (Å²) in [7, 11) is 1.73. The third-order valence-electron chi connectivity index (χ3n) is 4.35. The van der Waals surface area contributed by atoms with Gasteiger partial charge >= 0.3 is 0 Å². The zero-order valence-corrected chi connectivity index (χ0v) is 13.6. The molecule has 0 spiro atoms. The van der Waals surface area contributed by atoms with Crippen LogP contribution < -0.4 is 4.90 Å². The predicted molar refractivity (Wildman–Crippen MR) is 102 cm³/mol. The van der Waals surface area contributed by atoms with Crippen molar-refractivity contribution in [1.82, 2.24) is 0 Å². The molecular formula is C22H19NO. The highest BCUT2D eigenvalue weighted by Gasteiger charge is 2.10. The van der Waals surface area contributed by atoms with Gasteiger partial charge in [-0.25, -0.2) is 0 Å². The van der Waals surface area contributed by atoms with Crippen molar-refractivity contribution in [3.63, 3.8) is 0 Å². The summed E-state index contributed by atoms with van der Waals surface area (Å²) in [5.74, 6) is 0. The van der Waals surface area contributed by atoms with Crippen LogP contribution in [0.3, 0.4) is 0 Å². The third kappa shape index (κ3) is 2.72. The number of fused-ring (bicyclic) bond motifs is 2. The molecule has 0 saturated carbocycles. The predicted octanol–water partition coefficient (Wildman–Crippen LogP) is 5.74. The first-order valence-electron chi connectivity index (χ1n) is 8.09. The van der Waals surface area contributed by atoms with Gasteiger partial charge in [0.25, 0.3) is 0 Å². The summed E-state index contributed by atoms with van der Waals surface area (Å²) >= 11 is 0. The molecule has 0 N–H and O–H groups in total. The van der Waals surface area contributed by atoms with Crippen LogP contribution in [-0.2, 0) is 4.74 Å². The molecule has 4 aromatic carbocycles. The Balaban J connectivity index is 1.81. The van der Waals surface area contributed by atoms with Crippen LogP contribution in [-0.4, -0.2) is 13.8 Å². The normalized spacial score (nSPS) is 11.0. The fraction of sp³-hybridized carbons (Fsp3) is 0.0909. The van der Waals surface area contributed by atoms with Gasteiger partial charge in [-0.3, -0.25) is 0 Å². The molecule has 0 aliphatic carbocycles. The molecule has 2 heteroatoms. The van der Waals surface area contributed by atoms with E-state index in [0.717, 1.165) is 11.4 Å². The van der Waals surface area contributed by atoms with E-state index >= 15 is 0 Å². The average molecular weight is 313 g/mol. The number of hydrogen-bond donors (Lipinski definition) is 0. The van der Waals surface area contributed by atoms with Crippen molar-refractivity contribution < 1.29 is 4.74 Å². The van der Waals surface area contributed by atoms with E-state index in [1.54, 1.807) is 7.11 Å². The molecule has 0 aliphatic rings. The Hall–Kier alpha value is -2.84. The highest BCUT2D eigenvalue weighted by molar-refractivity contribution is 5.89. The smallest absolute Gasteiger partial charge is 0.123 e. The van der Waals surface area contributed by atoms with Crippen LogP contribution in [0, 0.1) is 0 Å². The topological polar surface area (TPSA) is 12.5 Å². The maximum atomic E-state index is 5.46. The van der Waals surface area contributed by atoms with Crippen LogP contribution in [0.2, 0.25) is 0 Å². The van der Waals surface area contributed by atoms with Gasteiger partial charge in [0.2, 0.25) is 0 Å². The van der Waals surface area contributed by atoms with E-state index in [-0.39, 0.29) is 0 Å². The number of nitrogens with zero attached hydrogens (tertiary/aromatic N) is 1. The van der Waals surface area contributed by atoms with Crippen molar-refractivity contribution in [1.29, 1.82) is 0 Å². The standard InChI is InChI=1S/C22H19NO/c1-24-16-23(21-12-10-17-6-2-4-8-19(17)14-21)22-13-11-18-7-3-5-9-20(18)15-22/h2-15H,16H2,1H3. The molecule has 118 valence electrons. The number of anilines is 2. The highest BCUT2D eigenvalue weighted by Crippen LogP contribution is 2.30. The van der Waals surface area contributed by atoms with Crippen LogP contribution in [0.1, 0.15) is 0 Å². The van der Waals surface area contributed by atoms with E-state index in [1.807, 2.05) is 0 Å². The van der Waals surface area contributed by atoms with E-state index < -0.39 is 0 Å². The Morgan fingerprint density at radius 3 is 1.54 bits per heavy atom. The van der Waals surface area contributed by atoms with Crippen LogP contribution in [0.4, 0.5) is 11.4 Å². The summed E-state index contributed by atoms with van der Waals surface area (Å²) < 4.78 is 5.46. The maximum Gasteiger partial charge on any atom is 0.123 e. The largest absolute Gasteiger partial charge is 0.364 e. The fourth-order valence-corrected chi connectivity index (χ4v) is 3.12. The number of methoxy groups -OCH3 is 1. The van der Waals surface area contributed by atoms with Crippen LogP contribution in [0.5, 0.6) is 0 Å². The first-order chi connectivity index (χ1) is 11.8. The molecule has 4 aromatic rings. The number of hydrogen-bond acceptors (Lipinski definition) is 2. The summed E-state index contributed by atoms with van der Waals surface area (Å²) in [6.45, 7) is 0.511. The van der Waals surface area contributed by atoms with Crippen LogP contribution >= 0.6 is 0 Å². The van der Waals surface area contributed by atoms with Gasteiger partial charge in [-0.2, -0.15) is 0 Å². The van der Waals surface area contributed by atoms with Gasteiger partial charge in [-0.15, -0.1) is 0 Å². The van der Waals surface area contributed by atoms with E-state index in [9.17, 15) is 0 Å². The van der Waals surface area contributed by atoms with Gasteiger partial charge < -0.3 is 9.64 Å². The number of ether oxygens (including phenoxy) is 1. The van der Waals surface area contributed by atoms with E-state index in [0.29, 0.717) is 6.73 Å². The minimum Gasteiger partial charge on any atom is -0.364 e. The Morgan fingerprint density at radius 1 is 0.625 bits per heavy atom. The molecule has 0 atom stereocenters. The van der Waals surface area contributed by atoms with Crippen molar-refractivity contribution in [3.05, 3.63) is 84.9 Å². The van der Waals surface area contributed by atoms with E-state index in [2.05, 4.69) is 89.8 Å². The lowest BCUT2D eigenvalue weighted by atomic mass is 10.1. The minimum atomic E-state index is 0.511. The third-order valence-corrected chi connectivity index (χ3v) is 4.35. The fourth-order valence-electron chi connectivity index (χ4n) is 3.12. The van der Waals surface area contributed by atoms with Crippen molar-refractivity contribution >= 4 is 32.9 Å². The lowest BCUT2D eigenvalue weighted by molar-refractivity contribution is 0.206. The molecule has 0 saturated heterocycles. The molecule has 4 rings (SSSR count). The Labute approximate surface area is 141 Å². The Morgan fingerprint density at radius 2 is 1.08 bits per heavy atom. The van der Waals surface area contributed by atoms with E-state index in [1.165, 1.54) is 21.5 Å². The number of benzene rings is 4. The highest BCUT2D eigenvalue weighted by atomic mass is 16.5. The van der Waals surface area contributed by atoms with Gasteiger partial charge in [-0.1, -0.05) is 60.7 Å². The molecular weight excluding hydrogens is 294 g/mol. The Bertz CT molecular complexity index is 914. The molecule has 0 heterocycles. The van der Waals surface area contributed by atoms with Crippen molar-refractivity contribution in [2.75, 3.05) is 18.7 Å². The van der Waals surface area contributed by atoms with Crippen molar-refractivity contribution in [3.8, 4) is 0 Å². The monoisotopic (exact) mass is 313 g/mol. The molecule has 0 aliphatic heterocycles. The quantitative estimate of drug-likeness (QED) is 0.446. The van der Waals surface area contributed by atoms with Gasteiger partial charge in [-0.05, 0) is 45.8 Å². The van der Waals surface area contributed by atoms with Gasteiger partial charge in [0, 0.05) is 18.5 Å². The zero-order chi connectivity index (χ0) is 16.4. The molecule has 2 nitrogen and oxygen atoms in total. The summed E-state index contributed by atoms with van der Waals surface area (Å²) in [5.41, 5.74) is 2.26. The van der Waals surface area contributed by atoms with Gasteiger partial charge in [0.1, 0.15) is 6.73 Å². The van der Waals surface area contributed by atoms with Gasteiger partial charge in [0.05, 0.1) is 0 Å². The molecule has 0 aromatic heterocycles. The average Bonchev–Trinajstić information content (AvgIpc) is 2.65. The summed E-state index contributed by atoms with van der Waals surface area (Å²) in [6.07, 6.45) is 0. The lowest BCUT2D eigenvalue weighted by Crippen LogP contribution is -2.19. The Kier molecular flexibility index (Phi) is 3.89. The minimum absolute atomic E-state index is 0.511. The van der Waals surface area contributed by atoms with Crippen molar-refractivity contribution in [2.45, 2.75) is 0 Å². The lowest BCUT2D eigenvalue weighted by Gasteiger charge is -2.25. The number of rotatable bonds is 4. The molecule has 0 fully saturated rings. The SMILES string of the molecule is COCN(c1ccc2ccccc2c1)c1ccc2ccccc2c1. The second-order valence-electron chi connectivity index (χ2n) is 5.91. The molecule has 0 bridgehead atoms. The summed E-state index contributed by atoms with van der Waals surface area (Å²) in [5, 5.41) is 4.96. The molecule has 0 radical (unpaired) electrons. The van der Waals surface area contributed by atoms with Crippen LogP contribution in [0.25, 0.3) is 21.5 Å². The zero-order valence-electron chi connectivity index (χ0n) is 13.6. The second-order valence-corrected chi connectivity index (χ2v) is 5.91. The van der Waals surface area contributed by atoms with Gasteiger partial charge in [0.15, 0.2) is 0 Å². The molecule has 0 unspecified atom stereocenters. The second kappa shape index (κ2) is 6.34. The first-order valence-corrected chi connectivity index (χ1v) is 8.09. The maximum absolute atomic E-state index is 5.46. The van der Waals surface area contributed by atoms with Crippen LogP contribution in [0.15, 0.2) is 84.9 Å². The molecule has 24 heavy (non-hydrogen) atoms. The van der Waals surface area contributed by atoms with Crippen molar-refractivity contribution in [2.24, 2.45) is 0 Å². The summed E-state index contributed by atoms with van der Waals surface area (Å²) in [4.78, 5) is 2.19. The first kappa shape index (κ1) is 14.7. The van der Waals surface area contributed by atoms with E-state index in [4.69, 9.17) is 4.74 Å². The summed E-state index contributed by atoms with van der Waals surface area (Å²) in [6, 6.07) is 29.9.